The zero-order valence-electron chi connectivity index (χ0n) is 12.1. The Morgan fingerprint density at radius 3 is 2.71 bits per heavy atom. The van der Waals surface area contributed by atoms with Crippen LogP contribution in [-0.4, -0.2) is 29.1 Å². The molecule has 1 saturated heterocycles. The lowest BCUT2D eigenvalue weighted by molar-refractivity contribution is -0.121. The van der Waals surface area contributed by atoms with Gasteiger partial charge in [-0.2, -0.15) is 4.98 Å². The molecule has 6 heteroatoms. The summed E-state index contributed by atoms with van der Waals surface area (Å²) < 4.78 is 5.37. The van der Waals surface area contributed by atoms with Gasteiger partial charge in [-0.05, 0) is 19.4 Å². The summed E-state index contributed by atoms with van der Waals surface area (Å²) in [5.74, 6) is 1.13. The highest BCUT2D eigenvalue weighted by molar-refractivity contribution is 5.78. The van der Waals surface area contributed by atoms with Crippen LogP contribution in [0.1, 0.15) is 37.2 Å². The molecule has 21 heavy (non-hydrogen) atoms. The predicted octanol–water partition coefficient (Wildman–Crippen LogP) is 1.16. The average molecular weight is 286 g/mol. The fourth-order valence-corrected chi connectivity index (χ4v) is 2.36. The maximum atomic E-state index is 11.1. The van der Waals surface area contributed by atoms with Gasteiger partial charge in [-0.1, -0.05) is 35.5 Å². The molecule has 0 spiro atoms. The van der Waals surface area contributed by atoms with Gasteiger partial charge in [-0.3, -0.25) is 10.1 Å². The van der Waals surface area contributed by atoms with E-state index in [0.29, 0.717) is 18.3 Å². The third-order valence-corrected chi connectivity index (χ3v) is 3.81. The van der Waals surface area contributed by atoms with Crippen LogP contribution in [0.15, 0.2) is 34.9 Å². The minimum Gasteiger partial charge on any atom is -0.353 e. The van der Waals surface area contributed by atoms with Gasteiger partial charge in [0.15, 0.2) is 5.82 Å². The Labute approximate surface area is 122 Å². The molecule has 1 fully saturated rings. The molecule has 2 aromatic rings. The van der Waals surface area contributed by atoms with E-state index in [1.807, 2.05) is 18.2 Å². The Bertz CT molecular complexity index is 626. The van der Waals surface area contributed by atoms with Crippen LogP contribution in [0.2, 0.25) is 0 Å². The van der Waals surface area contributed by atoms with Crippen LogP contribution in [0.3, 0.4) is 0 Å². The molecule has 0 bridgehead atoms. The van der Waals surface area contributed by atoms with Crippen molar-refractivity contribution >= 4 is 5.91 Å². The van der Waals surface area contributed by atoms with Crippen LogP contribution >= 0.6 is 0 Å². The monoisotopic (exact) mass is 286 g/mol. The first-order valence-electron chi connectivity index (χ1n) is 6.97. The Morgan fingerprint density at radius 2 is 2.05 bits per heavy atom. The summed E-state index contributed by atoms with van der Waals surface area (Å²) in [6.45, 7) is 4.86. The van der Waals surface area contributed by atoms with E-state index in [0.717, 1.165) is 5.56 Å². The molecule has 2 heterocycles. The van der Waals surface area contributed by atoms with Crippen LogP contribution in [0.4, 0.5) is 0 Å². The molecule has 1 aromatic heterocycles. The molecule has 0 radical (unpaired) electrons. The largest absolute Gasteiger partial charge is 0.353 e. The molecule has 1 amide bonds. The number of carbonyl (C=O) groups excluding carboxylic acids is 1. The number of piperazine rings is 1. The van der Waals surface area contributed by atoms with Crippen LogP contribution in [0.5, 0.6) is 0 Å². The van der Waals surface area contributed by atoms with Crippen LogP contribution < -0.4 is 10.6 Å². The smallest absolute Gasteiger partial charge is 0.245 e. The third kappa shape index (κ3) is 2.67. The van der Waals surface area contributed by atoms with E-state index in [1.165, 1.54) is 0 Å². The van der Waals surface area contributed by atoms with Gasteiger partial charge in [0, 0.05) is 6.54 Å². The highest BCUT2D eigenvalue weighted by atomic mass is 16.5. The highest BCUT2D eigenvalue weighted by Crippen LogP contribution is 2.29. The number of hydrogen-bond donors (Lipinski definition) is 2. The van der Waals surface area contributed by atoms with E-state index < -0.39 is 0 Å². The molecule has 3 rings (SSSR count). The van der Waals surface area contributed by atoms with Crippen molar-refractivity contribution in [1.82, 2.24) is 20.8 Å². The minimum atomic E-state index is -0.332. The van der Waals surface area contributed by atoms with Gasteiger partial charge >= 0.3 is 0 Å². The predicted molar refractivity (Wildman–Crippen MR) is 76.6 cm³/mol. The number of hydrogen-bond acceptors (Lipinski definition) is 5. The number of nitrogens with one attached hydrogen (secondary N) is 2. The van der Waals surface area contributed by atoms with Crippen molar-refractivity contribution < 1.29 is 9.32 Å². The summed E-state index contributed by atoms with van der Waals surface area (Å²) in [6.07, 6.45) is 0. The minimum absolute atomic E-state index is 0.0180. The Hall–Kier alpha value is -2.21. The molecule has 0 aliphatic carbocycles. The quantitative estimate of drug-likeness (QED) is 0.885. The van der Waals surface area contributed by atoms with Gasteiger partial charge < -0.3 is 9.84 Å². The second-order valence-electron chi connectivity index (χ2n) is 5.68. The lowest BCUT2D eigenvalue weighted by atomic mass is 9.84. The van der Waals surface area contributed by atoms with Gasteiger partial charge in [0.2, 0.25) is 11.8 Å². The van der Waals surface area contributed by atoms with Gasteiger partial charge in [0.05, 0.1) is 12.0 Å². The fourth-order valence-electron chi connectivity index (χ4n) is 2.36. The normalized spacial score (nSPS) is 19.3. The van der Waals surface area contributed by atoms with E-state index in [9.17, 15) is 4.79 Å². The van der Waals surface area contributed by atoms with E-state index >= 15 is 0 Å². The lowest BCUT2D eigenvalue weighted by Gasteiger charge is -2.22. The summed E-state index contributed by atoms with van der Waals surface area (Å²) in [7, 11) is 0. The second kappa shape index (κ2) is 5.29. The van der Waals surface area contributed by atoms with Crippen molar-refractivity contribution in [2.45, 2.75) is 25.3 Å². The molecule has 0 saturated carbocycles. The molecule has 1 atom stereocenters. The summed E-state index contributed by atoms with van der Waals surface area (Å²) in [6, 6.07) is 9.95. The first-order valence-corrected chi connectivity index (χ1v) is 6.97. The van der Waals surface area contributed by atoms with Gasteiger partial charge in [0.1, 0.15) is 6.04 Å². The summed E-state index contributed by atoms with van der Waals surface area (Å²) in [4.78, 5) is 15.7. The number of nitrogens with zero attached hydrogens (tertiary/aromatic N) is 2. The van der Waals surface area contributed by atoms with E-state index in [4.69, 9.17) is 4.52 Å². The maximum Gasteiger partial charge on any atom is 0.245 e. The van der Waals surface area contributed by atoms with Crippen LogP contribution in [0, 0.1) is 0 Å². The van der Waals surface area contributed by atoms with Crippen molar-refractivity contribution in [3.05, 3.63) is 47.6 Å². The molecule has 1 aliphatic rings. The van der Waals surface area contributed by atoms with Crippen LogP contribution in [0.25, 0.3) is 0 Å². The Kier molecular flexibility index (Phi) is 3.47. The molecule has 1 aliphatic heterocycles. The van der Waals surface area contributed by atoms with Crippen molar-refractivity contribution in [3.63, 3.8) is 0 Å². The summed E-state index contributed by atoms with van der Waals surface area (Å²) in [5.41, 5.74) is 0.795. The van der Waals surface area contributed by atoms with Crippen molar-refractivity contribution in [2.75, 3.05) is 13.1 Å². The van der Waals surface area contributed by atoms with Crippen molar-refractivity contribution in [3.8, 4) is 0 Å². The first-order chi connectivity index (χ1) is 10.1. The third-order valence-electron chi connectivity index (χ3n) is 3.81. The fraction of sp³-hybridized carbons (Fsp3) is 0.400. The summed E-state index contributed by atoms with van der Waals surface area (Å²) >= 11 is 0. The van der Waals surface area contributed by atoms with E-state index in [-0.39, 0.29) is 23.9 Å². The first kappa shape index (κ1) is 13.8. The topological polar surface area (TPSA) is 80.0 Å². The molecule has 110 valence electrons. The molecule has 6 nitrogen and oxygen atoms in total. The molecular weight excluding hydrogens is 268 g/mol. The second-order valence-corrected chi connectivity index (χ2v) is 5.68. The van der Waals surface area contributed by atoms with Gasteiger partial charge in [-0.15, -0.1) is 0 Å². The molecule has 2 N–H and O–H groups in total. The van der Waals surface area contributed by atoms with Gasteiger partial charge in [0.25, 0.3) is 0 Å². The van der Waals surface area contributed by atoms with Gasteiger partial charge in [-0.25, -0.2) is 0 Å². The van der Waals surface area contributed by atoms with Crippen molar-refractivity contribution in [1.29, 1.82) is 0 Å². The maximum absolute atomic E-state index is 11.1. The summed E-state index contributed by atoms with van der Waals surface area (Å²) in [5, 5.41) is 9.98. The SMILES string of the molecule is CC(C)(c1ccccc1)c1noc(C2CNC(=O)CN2)n1. The van der Waals surface area contributed by atoms with Crippen LogP contribution in [-0.2, 0) is 10.2 Å². The number of benzene rings is 1. The highest BCUT2D eigenvalue weighted by Gasteiger charge is 2.31. The standard InChI is InChI=1S/C15H18N4O2/c1-15(2,10-6-4-3-5-7-10)14-18-13(21-19-14)11-8-17-12(20)9-16-11/h3-7,11,16H,8-9H2,1-2H3,(H,17,20). The number of amides is 1. The number of aromatic nitrogens is 2. The van der Waals surface area contributed by atoms with E-state index in [2.05, 4.69) is 46.8 Å². The van der Waals surface area contributed by atoms with E-state index in [1.54, 1.807) is 0 Å². The molecular formula is C15H18N4O2. The average Bonchev–Trinajstić information content (AvgIpc) is 2.99. The zero-order chi connectivity index (χ0) is 14.9. The van der Waals surface area contributed by atoms with Crippen molar-refractivity contribution in [2.24, 2.45) is 0 Å². The Balaban J connectivity index is 1.83. The lowest BCUT2D eigenvalue weighted by Crippen LogP contribution is -2.47. The molecule has 1 unspecified atom stereocenters. The Morgan fingerprint density at radius 1 is 1.29 bits per heavy atom. The zero-order valence-corrected chi connectivity index (χ0v) is 12.1. The number of carbonyl (C=O) groups is 1. The molecule has 1 aromatic carbocycles. The number of rotatable bonds is 3.